The molecule has 0 aromatic heterocycles. The molecule has 0 bridgehead atoms. The summed E-state index contributed by atoms with van der Waals surface area (Å²) >= 11 is 0. The maximum atomic E-state index is 10.3. The lowest BCUT2D eigenvalue weighted by molar-refractivity contribution is -0.203. The van der Waals surface area contributed by atoms with Crippen molar-refractivity contribution in [2.24, 2.45) is 11.8 Å². The number of hydrogen-bond donors (Lipinski definition) is 3. The molecule has 0 saturated carbocycles. The van der Waals surface area contributed by atoms with Gasteiger partial charge in [-0.05, 0) is 24.7 Å². The van der Waals surface area contributed by atoms with E-state index in [2.05, 4.69) is 4.74 Å². The fourth-order valence-corrected chi connectivity index (χ4v) is 1.90. The van der Waals surface area contributed by atoms with E-state index in [1.54, 1.807) is 0 Å². The van der Waals surface area contributed by atoms with Crippen LogP contribution in [-0.4, -0.2) is 33.4 Å². The van der Waals surface area contributed by atoms with Crippen LogP contribution in [-0.2, 0) is 4.74 Å². The lowest BCUT2D eigenvalue weighted by atomic mass is 9.84. The molecule has 0 saturated heterocycles. The summed E-state index contributed by atoms with van der Waals surface area (Å²) in [5.41, 5.74) is -1.51. The summed E-state index contributed by atoms with van der Waals surface area (Å²) in [7, 11) is 0. The standard InChI is InChI=1S/C11H22O5/c1-7(2)5-11(15,6-8(3)4)9(12)16-10(13)14/h7-9,12,15H,5-6H2,1-4H3,(H,13,14). The lowest BCUT2D eigenvalue weighted by Gasteiger charge is -2.34. The van der Waals surface area contributed by atoms with Crippen molar-refractivity contribution in [1.29, 1.82) is 0 Å². The second kappa shape index (κ2) is 6.06. The second-order valence-corrected chi connectivity index (χ2v) is 5.04. The summed E-state index contributed by atoms with van der Waals surface area (Å²) < 4.78 is 4.24. The SMILES string of the molecule is CC(C)CC(O)(CC(C)C)C(O)OC(=O)O. The fraction of sp³-hybridized carbons (Fsp3) is 0.909. The van der Waals surface area contributed by atoms with Gasteiger partial charge < -0.3 is 20.1 Å². The molecule has 5 nitrogen and oxygen atoms in total. The molecule has 3 N–H and O–H groups in total. The molecule has 0 aliphatic carbocycles. The topological polar surface area (TPSA) is 87.0 Å². The molecule has 5 heteroatoms. The molecule has 0 rings (SSSR count). The number of hydrogen-bond acceptors (Lipinski definition) is 4. The Balaban J connectivity index is 4.68. The highest BCUT2D eigenvalue weighted by atomic mass is 16.7. The summed E-state index contributed by atoms with van der Waals surface area (Å²) in [6.07, 6.45) is -2.70. The normalized spacial score (nSPS) is 14.2. The molecular formula is C11H22O5. The van der Waals surface area contributed by atoms with Crippen LogP contribution < -0.4 is 0 Å². The minimum Gasteiger partial charge on any atom is -0.450 e. The number of rotatable bonds is 6. The van der Waals surface area contributed by atoms with Crippen LogP contribution in [0.25, 0.3) is 0 Å². The van der Waals surface area contributed by atoms with Crippen molar-refractivity contribution in [3.05, 3.63) is 0 Å². The van der Waals surface area contributed by atoms with Crippen LogP contribution in [0.5, 0.6) is 0 Å². The molecule has 1 unspecified atom stereocenters. The van der Waals surface area contributed by atoms with Crippen LogP contribution >= 0.6 is 0 Å². The predicted molar refractivity (Wildman–Crippen MR) is 59.0 cm³/mol. The van der Waals surface area contributed by atoms with Crippen LogP contribution in [0, 0.1) is 11.8 Å². The monoisotopic (exact) mass is 234 g/mol. The Morgan fingerprint density at radius 2 is 1.56 bits per heavy atom. The van der Waals surface area contributed by atoms with E-state index >= 15 is 0 Å². The number of carbonyl (C=O) groups is 1. The first-order chi connectivity index (χ1) is 7.17. The van der Waals surface area contributed by atoms with Crippen molar-refractivity contribution in [2.45, 2.75) is 52.4 Å². The molecule has 0 aliphatic rings. The second-order valence-electron chi connectivity index (χ2n) is 5.04. The van der Waals surface area contributed by atoms with E-state index in [4.69, 9.17) is 5.11 Å². The van der Waals surface area contributed by atoms with Gasteiger partial charge in [0.25, 0.3) is 0 Å². The first-order valence-corrected chi connectivity index (χ1v) is 5.47. The van der Waals surface area contributed by atoms with E-state index in [1.807, 2.05) is 27.7 Å². The smallest absolute Gasteiger partial charge is 0.450 e. The van der Waals surface area contributed by atoms with Crippen LogP contribution in [0.2, 0.25) is 0 Å². The third kappa shape index (κ3) is 5.32. The molecule has 0 aliphatic heterocycles. The molecule has 0 amide bonds. The van der Waals surface area contributed by atoms with Crippen molar-refractivity contribution in [2.75, 3.05) is 0 Å². The van der Waals surface area contributed by atoms with Gasteiger partial charge in [0.2, 0.25) is 6.29 Å². The van der Waals surface area contributed by atoms with Crippen molar-refractivity contribution in [3.8, 4) is 0 Å². The summed E-state index contributed by atoms with van der Waals surface area (Å²) in [4.78, 5) is 10.3. The summed E-state index contributed by atoms with van der Waals surface area (Å²) in [6, 6.07) is 0. The molecule has 1 atom stereocenters. The Hall–Kier alpha value is -0.810. The zero-order chi connectivity index (χ0) is 12.9. The highest BCUT2D eigenvalue weighted by Gasteiger charge is 2.39. The van der Waals surface area contributed by atoms with Gasteiger partial charge in [-0.25, -0.2) is 4.79 Å². The number of carboxylic acid groups (broad SMARTS) is 1. The number of aliphatic hydroxyl groups is 2. The minimum absolute atomic E-state index is 0.135. The largest absolute Gasteiger partial charge is 0.508 e. The Bertz CT molecular complexity index is 214. The Morgan fingerprint density at radius 1 is 1.19 bits per heavy atom. The minimum atomic E-state index is -1.70. The van der Waals surface area contributed by atoms with Gasteiger partial charge in [-0.3, -0.25) is 0 Å². The molecule has 0 aromatic rings. The number of aliphatic hydroxyl groups excluding tert-OH is 1. The Morgan fingerprint density at radius 3 is 1.81 bits per heavy atom. The number of ether oxygens (including phenoxy) is 1. The van der Waals surface area contributed by atoms with Crippen molar-refractivity contribution in [1.82, 2.24) is 0 Å². The van der Waals surface area contributed by atoms with E-state index in [1.165, 1.54) is 0 Å². The van der Waals surface area contributed by atoms with E-state index in [9.17, 15) is 15.0 Å². The van der Waals surface area contributed by atoms with Gasteiger partial charge in [0.05, 0.1) is 0 Å². The van der Waals surface area contributed by atoms with Crippen LogP contribution in [0.3, 0.4) is 0 Å². The zero-order valence-corrected chi connectivity index (χ0v) is 10.3. The van der Waals surface area contributed by atoms with E-state index in [-0.39, 0.29) is 11.8 Å². The van der Waals surface area contributed by atoms with Gasteiger partial charge in [-0.2, -0.15) is 0 Å². The molecule has 0 heterocycles. The van der Waals surface area contributed by atoms with E-state index in [0.717, 1.165) is 0 Å². The zero-order valence-electron chi connectivity index (χ0n) is 10.3. The summed E-state index contributed by atoms with van der Waals surface area (Å²) in [5.74, 6) is 0.270. The predicted octanol–water partition coefficient (Wildman–Crippen LogP) is 1.82. The fourth-order valence-electron chi connectivity index (χ4n) is 1.90. The average Bonchev–Trinajstić information content (AvgIpc) is 1.98. The average molecular weight is 234 g/mol. The highest BCUT2D eigenvalue weighted by Crippen LogP contribution is 2.28. The van der Waals surface area contributed by atoms with E-state index < -0.39 is 18.0 Å². The molecular weight excluding hydrogens is 212 g/mol. The van der Waals surface area contributed by atoms with Crippen molar-refractivity contribution < 1.29 is 24.9 Å². The van der Waals surface area contributed by atoms with Crippen LogP contribution in [0.4, 0.5) is 4.79 Å². The molecule has 96 valence electrons. The van der Waals surface area contributed by atoms with Gasteiger partial charge >= 0.3 is 6.16 Å². The molecule has 0 spiro atoms. The summed E-state index contributed by atoms with van der Waals surface area (Å²) in [5, 5.41) is 28.2. The first-order valence-electron chi connectivity index (χ1n) is 5.47. The van der Waals surface area contributed by atoms with Crippen molar-refractivity contribution >= 4 is 6.16 Å². The maximum Gasteiger partial charge on any atom is 0.508 e. The quantitative estimate of drug-likeness (QED) is 0.482. The Kier molecular flexibility index (Phi) is 5.75. The summed E-state index contributed by atoms with van der Waals surface area (Å²) in [6.45, 7) is 7.55. The van der Waals surface area contributed by atoms with Gasteiger partial charge in [-0.1, -0.05) is 27.7 Å². The molecule has 16 heavy (non-hydrogen) atoms. The van der Waals surface area contributed by atoms with E-state index in [0.29, 0.717) is 12.8 Å². The van der Waals surface area contributed by atoms with Gasteiger partial charge in [0, 0.05) is 0 Å². The van der Waals surface area contributed by atoms with Crippen LogP contribution in [0.1, 0.15) is 40.5 Å². The molecule has 0 aromatic carbocycles. The Labute approximate surface area is 96.0 Å². The van der Waals surface area contributed by atoms with Gasteiger partial charge in [-0.15, -0.1) is 0 Å². The van der Waals surface area contributed by atoms with Crippen LogP contribution in [0.15, 0.2) is 0 Å². The third-order valence-electron chi connectivity index (χ3n) is 2.20. The molecule has 0 fully saturated rings. The lowest BCUT2D eigenvalue weighted by Crippen LogP contribution is -2.46. The molecule has 0 radical (unpaired) electrons. The third-order valence-corrected chi connectivity index (χ3v) is 2.20. The maximum absolute atomic E-state index is 10.3. The highest BCUT2D eigenvalue weighted by molar-refractivity contribution is 5.57. The van der Waals surface area contributed by atoms with Gasteiger partial charge in [0.1, 0.15) is 5.60 Å². The van der Waals surface area contributed by atoms with Crippen molar-refractivity contribution in [3.63, 3.8) is 0 Å². The first kappa shape index (κ1) is 15.2. The van der Waals surface area contributed by atoms with Gasteiger partial charge in [0.15, 0.2) is 0 Å².